The lowest BCUT2D eigenvalue weighted by Gasteiger charge is -2.08. The highest BCUT2D eigenvalue weighted by Crippen LogP contribution is 2.22. The summed E-state index contributed by atoms with van der Waals surface area (Å²) in [4.78, 5) is 0. The van der Waals surface area contributed by atoms with Crippen molar-refractivity contribution in [3.8, 4) is 11.8 Å². The highest BCUT2D eigenvalue weighted by molar-refractivity contribution is 5.70. The quantitative estimate of drug-likeness (QED) is 0.405. The predicted octanol–water partition coefficient (Wildman–Crippen LogP) is 6.66. The highest BCUT2D eigenvalue weighted by atomic mass is 16.3. The monoisotopic (exact) mass is 300 g/mol. The Labute approximate surface area is 137 Å². The van der Waals surface area contributed by atoms with Crippen LogP contribution in [0.5, 0.6) is 0 Å². The summed E-state index contributed by atoms with van der Waals surface area (Å²) in [5, 5.41) is 0. The van der Waals surface area contributed by atoms with Crippen LogP contribution in [0.15, 0.2) is 34.8 Å². The summed E-state index contributed by atoms with van der Waals surface area (Å²) in [6, 6.07) is 4.20. The van der Waals surface area contributed by atoms with E-state index in [0.717, 1.165) is 23.5 Å². The van der Waals surface area contributed by atoms with Crippen molar-refractivity contribution in [2.45, 2.75) is 67.2 Å². The first-order valence-corrected chi connectivity index (χ1v) is 8.34. The van der Waals surface area contributed by atoms with Crippen LogP contribution in [-0.2, 0) is 6.42 Å². The number of furan rings is 1. The van der Waals surface area contributed by atoms with Crippen molar-refractivity contribution < 1.29 is 4.42 Å². The van der Waals surface area contributed by atoms with E-state index in [9.17, 15) is 0 Å². The van der Waals surface area contributed by atoms with E-state index in [0.29, 0.717) is 5.92 Å². The molecule has 1 unspecified atom stereocenters. The minimum absolute atomic E-state index is 0.708. The maximum atomic E-state index is 5.92. The Morgan fingerprint density at radius 2 is 1.91 bits per heavy atom. The van der Waals surface area contributed by atoms with Crippen LogP contribution in [0.3, 0.4) is 0 Å². The van der Waals surface area contributed by atoms with E-state index in [1.54, 1.807) is 0 Å². The largest absolute Gasteiger partial charge is 0.461 e. The van der Waals surface area contributed by atoms with Crippen molar-refractivity contribution in [2.75, 3.05) is 0 Å². The van der Waals surface area contributed by atoms with Crippen LogP contribution in [-0.4, -0.2) is 0 Å². The molecule has 0 N–H and O–H groups in total. The van der Waals surface area contributed by atoms with Gasteiger partial charge in [0.2, 0.25) is 0 Å². The summed E-state index contributed by atoms with van der Waals surface area (Å²) < 4.78 is 5.92. The minimum Gasteiger partial charge on any atom is -0.461 e. The molecule has 1 heteroatoms. The summed E-state index contributed by atoms with van der Waals surface area (Å²) in [5.41, 5.74) is 1.16. The lowest BCUT2D eigenvalue weighted by Crippen LogP contribution is -1.98. The van der Waals surface area contributed by atoms with Gasteiger partial charge in [-0.1, -0.05) is 51.3 Å². The Bertz CT molecular complexity index is 499. The Hall–Kier alpha value is -1.68. The fraction of sp³-hybridized carbons (Fsp3) is 0.524. The molecule has 1 nitrogen and oxygen atoms in total. The van der Waals surface area contributed by atoms with Crippen LogP contribution >= 0.6 is 0 Å². The molecule has 0 aromatic carbocycles. The molecule has 0 aliphatic heterocycles. The predicted molar refractivity (Wildman–Crippen MR) is 98.7 cm³/mol. The Balaban J connectivity index is 0.000000980. The Kier molecular flexibility index (Phi) is 12.0. The zero-order chi connectivity index (χ0) is 16.8. The van der Waals surface area contributed by atoms with Crippen LogP contribution in [0.25, 0.3) is 5.57 Å². The van der Waals surface area contributed by atoms with Gasteiger partial charge in [0.05, 0.1) is 0 Å². The molecule has 122 valence electrons. The first-order valence-electron chi connectivity index (χ1n) is 8.34. The molecular weight excluding hydrogens is 268 g/mol. The van der Waals surface area contributed by atoms with Gasteiger partial charge in [0.25, 0.3) is 0 Å². The molecular formula is C21H32O. The third kappa shape index (κ3) is 8.57. The average molecular weight is 300 g/mol. The molecule has 0 radical (unpaired) electrons. The molecule has 0 aliphatic carbocycles. The van der Waals surface area contributed by atoms with E-state index in [2.05, 4.69) is 50.0 Å². The number of hydrogen-bond acceptors (Lipinski definition) is 1. The van der Waals surface area contributed by atoms with Crippen molar-refractivity contribution in [3.05, 3.63) is 41.9 Å². The van der Waals surface area contributed by atoms with Crippen LogP contribution in [0, 0.1) is 17.8 Å². The minimum atomic E-state index is 0.708. The van der Waals surface area contributed by atoms with Gasteiger partial charge in [-0.25, -0.2) is 0 Å². The highest BCUT2D eigenvalue weighted by Gasteiger charge is 2.08. The van der Waals surface area contributed by atoms with Crippen LogP contribution in [0.2, 0.25) is 0 Å². The van der Waals surface area contributed by atoms with Gasteiger partial charge in [-0.05, 0) is 45.7 Å². The van der Waals surface area contributed by atoms with Gasteiger partial charge in [0, 0.05) is 12.0 Å². The smallest absolute Gasteiger partial charge is 0.133 e. The lowest BCUT2D eigenvalue weighted by atomic mass is 10.00. The molecule has 1 heterocycles. The van der Waals surface area contributed by atoms with Gasteiger partial charge in [0.1, 0.15) is 11.5 Å². The molecule has 0 spiro atoms. The van der Waals surface area contributed by atoms with Crippen LogP contribution in [0.1, 0.15) is 72.3 Å². The van der Waals surface area contributed by atoms with E-state index in [-0.39, 0.29) is 0 Å². The third-order valence-electron chi connectivity index (χ3n) is 3.45. The molecule has 22 heavy (non-hydrogen) atoms. The van der Waals surface area contributed by atoms with E-state index in [1.807, 2.05) is 33.8 Å². The third-order valence-corrected chi connectivity index (χ3v) is 3.45. The van der Waals surface area contributed by atoms with Gasteiger partial charge in [-0.2, -0.15) is 0 Å². The fourth-order valence-corrected chi connectivity index (χ4v) is 2.14. The van der Waals surface area contributed by atoms with E-state index in [4.69, 9.17) is 4.42 Å². The van der Waals surface area contributed by atoms with E-state index >= 15 is 0 Å². The summed E-state index contributed by atoms with van der Waals surface area (Å²) in [5.74, 6) is 8.16. The van der Waals surface area contributed by atoms with Gasteiger partial charge < -0.3 is 4.42 Å². The average Bonchev–Trinajstić information content (AvgIpc) is 2.99. The zero-order valence-electron chi connectivity index (χ0n) is 15.2. The van der Waals surface area contributed by atoms with Crippen LogP contribution < -0.4 is 0 Å². The van der Waals surface area contributed by atoms with Crippen LogP contribution in [0.4, 0.5) is 0 Å². The second-order valence-electron chi connectivity index (χ2n) is 5.46. The van der Waals surface area contributed by atoms with Gasteiger partial charge >= 0.3 is 0 Å². The summed E-state index contributed by atoms with van der Waals surface area (Å²) in [6.07, 6.45) is 11.1. The fourth-order valence-electron chi connectivity index (χ4n) is 2.14. The van der Waals surface area contributed by atoms with E-state index < -0.39 is 0 Å². The van der Waals surface area contributed by atoms with Gasteiger partial charge in [-0.15, -0.1) is 11.8 Å². The molecule has 0 aliphatic rings. The summed E-state index contributed by atoms with van der Waals surface area (Å²) in [6.45, 7) is 12.3. The molecule has 1 aromatic heterocycles. The molecule has 0 saturated carbocycles. The van der Waals surface area contributed by atoms with Crippen molar-refractivity contribution in [2.24, 2.45) is 5.92 Å². The second-order valence-corrected chi connectivity index (χ2v) is 5.46. The zero-order valence-corrected chi connectivity index (χ0v) is 15.2. The molecule has 1 aromatic rings. The number of unbranched alkanes of at least 4 members (excludes halogenated alkanes) is 1. The first-order chi connectivity index (χ1) is 10.6. The van der Waals surface area contributed by atoms with Crippen molar-refractivity contribution >= 4 is 5.57 Å². The number of allylic oxidation sites excluding steroid dienone is 4. The number of rotatable bonds is 7. The van der Waals surface area contributed by atoms with E-state index in [1.165, 1.54) is 19.3 Å². The van der Waals surface area contributed by atoms with Crippen molar-refractivity contribution in [3.63, 3.8) is 0 Å². The molecule has 0 fully saturated rings. The maximum Gasteiger partial charge on any atom is 0.133 e. The van der Waals surface area contributed by atoms with Crippen molar-refractivity contribution in [1.29, 1.82) is 0 Å². The van der Waals surface area contributed by atoms with Crippen molar-refractivity contribution in [1.82, 2.24) is 0 Å². The molecule has 0 saturated heterocycles. The maximum absolute atomic E-state index is 5.92. The molecule has 0 amide bonds. The molecule has 1 rings (SSSR count). The first kappa shape index (κ1) is 20.3. The Morgan fingerprint density at radius 3 is 2.41 bits per heavy atom. The second kappa shape index (κ2) is 13.0. The SMILES string of the molecule is C/C=C\C(=C/C)c1ccc(CC(C)CCCC)o1.CC#CC. The Morgan fingerprint density at radius 1 is 1.23 bits per heavy atom. The standard InChI is InChI=1S/C17H26O.C4H6/c1-5-8-10-14(4)13-16-11-12-17(18-16)15(7-3)9-6-2;1-3-4-2/h6-7,9,11-12,14H,5,8,10,13H2,1-4H3;1-2H3/b9-6-,15-7+;. The summed E-state index contributed by atoms with van der Waals surface area (Å²) in [7, 11) is 0. The lowest BCUT2D eigenvalue weighted by molar-refractivity contribution is 0.427. The summed E-state index contributed by atoms with van der Waals surface area (Å²) >= 11 is 0. The normalized spacial score (nSPS) is 12.4. The van der Waals surface area contributed by atoms with Gasteiger partial charge in [-0.3, -0.25) is 0 Å². The topological polar surface area (TPSA) is 13.1 Å². The molecule has 0 bridgehead atoms. The van der Waals surface area contributed by atoms with Gasteiger partial charge in [0.15, 0.2) is 0 Å². The number of hydrogen-bond donors (Lipinski definition) is 0. The molecule has 1 atom stereocenters.